The number of carbonyl (C=O) groups excluding carboxylic acids is 2. The number of amides is 2. The molecule has 3 atom stereocenters. The number of alkyl halides is 3. The Morgan fingerprint density at radius 3 is 2.40 bits per heavy atom. The van der Waals surface area contributed by atoms with E-state index in [0.717, 1.165) is 42.7 Å². The number of carboxylic acid groups (broad SMARTS) is 1. The molecule has 2 amide bonds. The van der Waals surface area contributed by atoms with Gasteiger partial charge in [0.05, 0.1) is 6.04 Å². The van der Waals surface area contributed by atoms with Crippen LogP contribution in [0.5, 0.6) is 5.75 Å². The molecule has 0 spiro atoms. The largest absolute Gasteiger partial charge is 0.573 e. The number of para-hydroxylation sites is 1. The smallest absolute Gasteiger partial charge is 0.478 e. The van der Waals surface area contributed by atoms with Crippen molar-refractivity contribution in [1.82, 2.24) is 4.90 Å². The van der Waals surface area contributed by atoms with Crippen LogP contribution in [0, 0.1) is 5.92 Å². The topological polar surface area (TPSA) is 87.2 Å². The first-order valence-corrected chi connectivity index (χ1v) is 11.0. The molecule has 0 bridgehead atoms. The minimum Gasteiger partial charge on any atom is -0.478 e. The molecule has 10 heteroatoms. The number of halogens is 3. The van der Waals surface area contributed by atoms with Gasteiger partial charge in [-0.3, -0.25) is 9.59 Å². The summed E-state index contributed by atoms with van der Waals surface area (Å²) in [5, 5.41) is 8.87. The van der Waals surface area contributed by atoms with Crippen molar-refractivity contribution >= 4 is 23.5 Å². The molecule has 1 fully saturated rings. The van der Waals surface area contributed by atoms with E-state index in [1.54, 1.807) is 30.1 Å². The first-order chi connectivity index (χ1) is 16.6. The number of hydrogen-bond donors (Lipinski definition) is 1. The molecule has 4 rings (SSSR count). The number of carbonyl (C=O) groups is 3. The number of benzene rings is 2. The number of ether oxygens (including phenoxy) is 1. The van der Waals surface area contributed by atoms with Crippen molar-refractivity contribution in [2.45, 2.75) is 37.7 Å². The fourth-order valence-electron chi connectivity index (χ4n) is 5.12. The standard InChI is InChI=1S/C25H23F3N2O5/c1-29(21(31)13-14-22(32)33)23-17-5-2-3-7-19(17)30(20-8-4-6-18(20)23)24(34)15-9-11-16(12-10-15)35-25(26,27)28/h2-3,5,7,9-14,18,20,23H,4,6,8H2,1H3,(H,32,33)/b14-13+/t18-,20+,23-/m0/s1. The van der Waals surface area contributed by atoms with Gasteiger partial charge in [0.1, 0.15) is 5.75 Å². The van der Waals surface area contributed by atoms with Gasteiger partial charge in [0, 0.05) is 42.4 Å². The fraction of sp³-hybridized carbons (Fsp3) is 0.320. The van der Waals surface area contributed by atoms with Crippen LogP contribution < -0.4 is 9.64 Å². The van der Waals surface area contributed by atoms with Crippen molar-refractivity contribution in [2.75, 3.05) is 11.9 Å². The first-order valence-electron chi connectivity index (χ1n) is 11.0. The number of fused-ring (bicyclic) bond motifs is 2. The Labute approximate surface area is 199 Å². The second-order valence-electron chi connectivity index (χ2n) is 8.53. The summed E-state index contributed by atoms with van der Waals surface area (Å²) in [7, 11) is 1.61. The van der Waals surface area contributed by atoms with Gasteiger partial charge in [-0.15, -0.1) is 13.2 Å². The lowest BCUT2D eigenvalue weighted by molar-refractivity contribution is -0.274. The SMILES string of the molecule is CN(C(=O)/C=C/C(=O)O)[C@H]1c2ccccc2N(C(=O)c2ccc(OC(F)(F)F)cc2)[C@@H]2CCC[C@@H]21. The molecule has 0 unspecified atom stereocenters. The van der Waals surface area contributed by atoms with Crippen LogP contribution in [0.1, 0.15) is 41.2 Å². The molecule has 2 aromatic carbocycles. The minimum atomic E-state index is -4.83. The molecule has 2 aliphatic rings. The normalized spacial score (nSPS) is 21.4. The molecule has 1 heterocycles. The van der Waals surface area contributed by atoms with E-state index in [2.05, 4.69) is 4.74 Å². The zero-order chi connectivity index (χ0) is 25.3. The van der Waals surface area contributed by atoms with Gasteiger partial charge in [0.25, 0.3) is 5.91 Å². The summed E-state index contributed by atoms with van der Waals surface area (Å²) in [5.74, 6) is -2.54. The van der Waals surface area contributed by atoms with Gasteiger partial charge in [-0.1, -0.05) is 24.6 Å². The molecule has 0 radical (unpaired) electrons. The Hall–Kier alpha value is -3.82. The lowest BCUT2D eigenvalue weighted by Crippen LogP contribution is -2.51. The molecule has 0 aromatic heterocycles. The highest BCUT2D eigenvalue weighted by Crippen LogP contribution is 2.50. The summed E-state index contributed by atoms with van der Waals surface area (Å²) >= 11 is 0. The molecule has 1 saturated carbocycles. The number of nitrogens with zero attached hydrogens (tertiary/aromatic N) is 2. The molecule has 2 aromatic rings. The summed E-state index contributed by atoms with van der Waals surface area (Å²) in [6, 6.07) is 11.4. The van der Waals surface area contributed by atoms with Crippen LogP contribution in [0.4, 0.5) is 18.9 Å². The van der Waals surface area contributed by atoms with Gasteiger partial charge < -0.3 is 19.6 Å². The molecular weight excluding hydrogens is 465 g/mol. The predicted octanol–water partition coefficient (Wildman–Crippen LogP) is 4.55. The molecule has 7 nitrogen and oxygen atoms in total. The van der Waals surface area contributed by atoms with Crippen LogP contribution in [0.3, 0.4) is 0 Å². The molecule has 1 aliphatic carbocycles. The van der Waals surface area contributed by atoms with Crippen molar-refractivity contribution in [3.05, 3.63) is 71.8 Å². The van der Waals surface area contributed by atoms with Crippen molar-refractivity contribution in [1.29, 1.82) is 0 Å². The monoisotopic (exact) mass is 488 g/mol. The Balaban J connectivity index is 1.69. The second kappa shape index (κ2) is 9.44. The Morgan fingerprint density at radius 1 is 1.06 bits per heavy atom. The van der Waals surface area contributed by atoms with Crippen molar-refractivity contribution in [3.63, 3.8) is 0 Å². The summed E-state index contributed by atoms with van der Waals surface area (Å²) < 4.78 is 41.4. The van der Waals surface area contributed by atoms with E-state index in [1.807, 2.05) is 6.07 Å². The number of likely N-dealkylation sites (N-methyl/N-ethyl adjacent to an activating group) is 1. The number of rotatable bonds is 5. The van der Waals surface area contributed by atoms with E-state index in [4.69, 9.17) is 5.11 Å². The molecular formula is C25H23F3N2O5. The van der Waals surface area contributed by atoms with Crippen LogP contribution in [0.15, 0.2) is 60.7 Å². The highest BCUT2D eigenvalue weighted by atomic mass is 19.4. The third kappa shape index (κ3) is 5.01. The van der Waals surface area contributed by atoms with Gasteiger partial charge >= 0.3 is 12.3 Å². The maximum absolute atomic E-state index is 13.6. The molecule has 1 aliphatic heterocycles. The van der Waals surface area contributed by atoms with Gasteiger partial charge in [-0.25, -0.2) is 4.79 Å². The van der Waals surface area contributed by atoms with Gasteiger partial charge in [-0.05, 0) is 48.7 Å². The quantitative estimate of drug-likeness (QED) is 0.624. The van der Waals surface area contributed by atoms with Crippen LogP contribution in [-0.2, 0) is 9.59 Å². The van der Waals surface area contributed by atoms with E-state index in [-0.39, 0.29) is 29.5 Å². The molecule has 35 heavy (non-hydrogen) atoms. The van der Waals surface area contributed by atoms with E-state index in [1.165, 1.54) is 17.0 Å². The van der Waals surface area contributed by atoms with E-state index in [9.17, 15) is 27.6 Å². The van der Waals surface area contributed by atoms with Crippen molar-refractivity contribution in [2.24, 2.45) is 5.92 Å². The number of carboxylic acids is 1. The average Bonchev–Trinajstić information content (AvgIpc) is 3.28. The van der Waals surface area contributed by atoms with Crippen molar-refractivity contribution < 1.29 is 37.4 Å². The summed E-state index contributed by atoms with van der Waals surface area (Å²) in [4.78, 5) is 40.4. The Bertz CT molecular complexity index is 1160. The highest BCUT2D eigenvalue weighted by molar-refractivity contribution is 6.07. The molecule has 1 N–H and O–H groups in total. The average molecular weight is 488 g/mol. The fourth-order valence-corrected chi connectivity index (χ4v) is 5.12. The Kier molecular flexibility index (Phi) is 6.56. The number of anilines is 1. The predicted molar refractivity (Wildman–Crippen MR) is 120 cm³/mol. The van der Waals surface area contributed by atoms with Gasteiger partial charge in [0.15, 0.2) is 0 Å². The maximum Gasteiger partial charge on any atom is 0.573 e. The lowest BCUT2D eigenvalue weighted by Gasteiger charge is -2.46. The van der Waals surface area contributed by atoms with Crippen LogP contribution in [-0.4, -0.2) is 47.2 Å². The number of hydrogen-bond acceptors (Lipinski definition) is 4. The zero-order valence-electron chi connectivity index (χ0n) is 18.7. The first kappa shape index (κ1) is 24.3. The van der Waals surface area contributed by atoms with Crippen molar-refractivity contribution in [3.8, 4) is 5.75 Å². The van der Waals surface area contributed by atoms with Gasteiger partial charge in [-0.2, -0.15) is 0 Å². The van der Waals surface area contributed by atoms with Crippen LogP contribution >= 0.6 is 0 Å². The summed E-state index contributed by atoms with van der Waals surface area (Å²) in [5.41, 5.74) is 1.58. The lowest BCUT2D eigenvalue weighted by atomic mass is 9.81. The summed E-state index contributed by atoms with van der Waals surface area (Å²) in [6.07, 6.45) is -0.740. The van der Waals surface area contributed by atoms with Gasteiger partial charge in [0.2, 0.25) is 5.91 Å². The summed E-state index contributed by atoms with van der Waals surface area (Å²) in [6.45, 7) is 0. The molecule has 0 saturated heterocycles. The number of aliphatic carboxylic acids is 1. The van der Waals surface area contributed by atoms with E-state index < -0.39 is 24.0 Å². The third-order valence-corrected chi connectivity index (χ3v) is 6.47. The zero-order valence-corrected chi connectivity index (χ0v) is 18.7. The maximum atomic E-state index is 13.6. The highest BCUT2D eigenvalue weighted by Gasteiger charge is 2.47. The third-order valence-electron chi connectivity index (χ3n) is 6.47. The van der Waals surface area contributed by atoms with E-state index in [0.29, 0.717) is 12.1 Å². The van der Waals surface area contributed by atoms with Crippen LogP contribution in [0.2, 0.25) is 0 Å². The Morgan fingerprint density at radius 2 is 1.74 bits per heavy atom. The minimum absolute atomic E-state index is 0.0890. The van der Waals surface area contributed by atoms with E-state index >= 15 is 0 Å². The molecule has 184 valence electrons. The van der Waals surface area contributed by atoms with Crippen LogP contribution in [0.25, 0.3) is 0 Å². The second-order valence-corrected chi connectivity index (χ2v) is 8.53.